The standard InChI is InChI=1S/C19H24ClNO/c20-17-3-1-2-13(9-17)4-5-21-18(22)19-10-14-6-15(11-19)8-16(7-14)12-19/h1-3,9,14-16H,4-8,10-12H2,(H,21,22). The van der Waals surface area contributed by atoms with Crippen molar-refractivity contribution in [2.45, 2.75) is 44.9 Å². The summed E-state index contributed by atoms with van der Waals surface area (Å²) in [6, 6.07) is 7.92. The van der Waals surface area contributed by atoms with Crippen LogP contribution in [0.25, 0.3) is 0 Å². The molecular weight excluding hydrogens is 294 g/mol. The van der Waals surface area contributed by atoms with Gasteiger partial charge in [0.15, 0.2) is 0 Å². The van der Waals surface area contributed by atoms with Crippen LogP contribution in [0.4, 0.5) is 0 Å². The molecule has 0 unspecified atom stereocenters. The van der Waals surface area contributed by atoms with E-state index in [2.05, 4.69) is 11.4 Å². The lowest BCUT2D eigenvalue weighted by atomic mass is 9.49. The van der Waals surface area contributed by atoms with Crippen LogP contribution in [-0.4, -0.2) is 12.5 Å². The van der Waals surface area contributed by atoms with Crippen molar-refractivity contribution in [2.75, 3.05) is 6.54 Å². The van der Waals surface area contributed by atoms with Crippen LogP contribution in [0, 0.1) is 23.2 Å². The Kier molecular flexibility index (Phi) is 3.68. The van der Waals surface area contributed by atoms with E-state index in [1.54, 1.807) is 0 Å². The van der Waals surface area contributed by atoms with Crippen LogP contribution in [0.3, 0.4) is 0 Å². The molecule has 5 rings (SSSR count). The second-order valence-corrected chi connectivity index (χ2v) is 8.27. The highest BCUT2D eigenvalue weighted by Crippen LogP contribution is 2.60. The molecule has 1 aromatic carbocycles. The first-order valence-electron chi connectivity index (χ1n) is 8.66. The highest BCUT2D eigenvalue weighted by molar-refractivity contribution is 6.30. The summed E-state index contributed by atoms with van der Waals surface area (Å²) in [6.07, 6.45) is 8.43. The molecule has 1 N–H and O–H groups in total. The summed E-state index contributed by atoms with van der Waals surface area (Å²) >= 11 is 6.01. The zero-order valence-corrected chi connectivity index (χ0v) is 13.7. The monoisotopic (exact) mass is 317 g/mol. The van der Waals surface area contributed by atoms with Crippen LogP contribution in [0.2, 0.25) is 5.02 Å². The van der Waals surface area contributed by atoms with E-state index in [1.165, 1.54) is 24.8 Å². The number of rotatable bonds is 4. The van der Waals surface area contributed by atoms with E-state index in [4.69, 9.17) is 11.6 Å². The van der Waals surface area contributed by atoms with Crippen LogP contribution in [0.1, 0.15) is 44.1 Å². The molecule has 0 atom stereocenters. The van der Waals surface area contributed by atoms with Gasteiger partial charge in [0.1, 0.15) is 0 Å². The van der Waals surface area contributed by atoms with Crippen LogP contribution < -0.4 is 5.32 Å². The van der Waals surface area contributed by atoms with Crippen molar-refractivity contribution >= 4 is 17.5 Å². The third-order valence-corrected chi connectivity index (χ3v) is 6.34. The molecule has 4 bridgehead atoms. The zero-order valence-electron chi connectivity index (χ0n) is 13.0. The summed E-state index contributed by atoms with van der Waals surface area (Å²) in [5.41, 5.74) is 1.17. The minimum absolute atomic E-state index is 0.0247. The molecule has 0 aromatic heterocycles. The fourth-order valence-electron chi connectivity index (χ4n) is 5.59. The Morgan fingerprint density at radius 3 is 2.36 bits per heavy atom. The lowest BCUT2D eigenvalue weighted by Crippen LogP contribution is -2.53. The molecule has 1 aromatic rings. The van der Waals surface area contributed by atoms with Crippen molar-refractivity contribution in [1.29, 1.82) is 0 Å². The van der Waals surface area contributed by atoms with Crippen LogP contribution >= 0.6 is 11.6 Å². The van der Waals surface area contributed by atoms with E-state index in [9.17, 15) is 4.79 Å². The van der Waals surface area contributed by atoms with E-state index in [1.807, 2.05) is 18.2 Å². The van der Waals surface area contributed by atoms with Gasteiger partial charge in [-0.05, 0) is 80.4 Å². The zero-order chi connectivity index (χ0) is 15.2. The Hall–Kier alpha value is -1.02. The molecule has 22 heavy (non-hydrogen) atoms. The average molecular weight is 318 g/mol. The lowest BCUT2D eigenvalue weighted by molar-refractivity contribution is -0.146. The predicted molar refractivity (Wildman–Crippen MR) is 88.8 cm³/mol. The van der Waals surface area contributed by atoms with Gasteiger partial charge in [0.2, 0.25) is 5.91 Å². The number of carbonyl (C=O) groups is 1. The number of amides is 1. The summed E-state index contributed by atoms with van der Waals surface area (Å²) in [5.74, 6) is 2.80. The van der Waals surface area contributed by atoms with Crippen molar-refractivity contribution in [2.24, 2.45) is 23.2 Å². The van der Waals surface area contributed by atoms with Crippen molar-refractivity contribution in [3.63, 3.8) is 0 Å². The third kappa shape index (κ3) is 2.67. The van der Waals surface area contributed by atoms with Crippen molar-refractivity contribution < 1.29 is 4.79 Å². The van der Waals surface area contributed by atoms with Crippen molar-refractivity contribution in [3.8, 4) is 0 Å². The van der Waals surface area contributed by atoms with Crippen LogP contribution in [0.15, 0.2) is 24.3 Å². The molecule has 4 saturated carbocycles. The average Bonchev–Trinajstić information content (AvgIpc) is 2.46. The number of hydrogen-bond acceptors (Lipinski definition) is 1. The maximum absolute atomic E-state index is 12.8. The Morgan fingerprint density at radius 2 is 1.77 bits per heavy atom. The highest BCUT2D eigenvalue weighted by Gasteiger charge is 2.54. The van der Waals surface area contributed by atoms with Crippen LogP contribution in [-0.2, 0) is 11.2 Å². The molecule has 118 valence electrons. The van der Waals surface area contributed by atoms with Gasteiger partial charge in [-0.3, -0.25) is 4.79 Å². The molecule has 0 saturated heterocycles. The topological polar surface area (TPSA) is 29.1 Å². The number of halogens is 1. The molecule has 4 aliphatic rings. The number of nitrogens with one attached hydrogen (secondary N) is 1. The second-order valence-electron chi connectivity index (χ2n) is 7.83. The molecule has 0 aliphatic heterocycles. The second kappa shape index (κ2) is 5.56. The van der Waals surface area contributed by atoms with Gasteiger partial charge in [-0.25, -0.2) is 0 Å². The molecule has 1 amide bonds. The van der Waals surface area contributed by atoms with Gasteiger partial charge in [0, 0.05) is 17.0 Å². The summed E-state index contributed by atoms with van der Waals surface area (Å²) < 4.78 is 0. The van der Waals surface area contributed by atoms with Gasteiger partial charge in [-0.1, -0.05) is 23.7 Å². The largest absolute Gasteiger partial charge is 0.355 e. The molecule has 4 fully saturated rings. The molecule has 0 spiro atoms. The molecule has 3 heteroatoms. The van der Waals surface area contributed by atoms with Crippen LogP contribution in [0.5, 0.6) is 0 Å². The van der Waals surface area contributed by atoms with E-state index in [0.29, 0.717) is 5.91 Å². The number of hydrogen-bond donors (Lipinski definition) is 1. The van der Waals surface area contributed by atoms with E-state index < -0.39 is 0 Å². The summed E-state index contributed by atoms with van der Waals surface area (Å²) in [5, 5.41) is 3.99. The van der Waals surface area contributed by atoms with Crippen molar-refractivity contribution in [3.05, 3.63) is 34.9 Å². The number of benzene rings is 1. The Bertz CT molecular complexity index is 547. The maximum Gasteiger partial charge on any atom is 0.226 e. The van der Waals surface area contributed by atoms with E-state index in [0.717, 1.165) is 55.0 Å². The summed E-state index contributed by atoms with van der Waals surface area (Å²) in [7, 11) is 0. The Labute approximate surface area is 137 Å². The van der Waals surface area contributed by atoms with Gasteiger partial charge >= 0.3 is 0 Å². The van der Waals surface area contributed by atoms with Gasteiger partial charge in [-0.15, -0.1) is 0 Å². The van der Waals surface area contributed by atoms with Gasteiger partial charge in [0.05, 0.1) is 0 Å². The molecular formula is C19H24ClNO. The first-order valence-corrected chi connectivity index (χ1v) is 9.03. The van der Waals surface area contributed by atoms with Gasteiger partial charge < -0.3 is 5.32 Å². The first kappa shape index (κ1) is 14.6. The van der Waals surface area contributed by atoms with Gasteiger partial charge in [-0.2, -0.15) is 0 Å². The Balaban J connectivity index is 1.36. The molecule has 0 radical (unpaired) electrons. The minimum Gasteiger partial charge on any atom is -0.355 e. The minimum atomic E-state index is -0.0247. The quantitative estimate of drug-likeness (QED) is 0.885. The molecule has 4 aliphatic carbocycles. The molecule has 2 nitrogen and oxygen atoms in total. The smallest absolute Gasteiger partial charge is 0.226 e. The lowest BCUT2D eigenvalue weighted by Gasteiger charge is -2.55. The normalized spacial score (nSPS) is 35.6. The van der Waals surface area contributed by atoms with Crippen molar-refractivity contribution in [1.82, 2.24) is 5.32 Å². The fourth-order valence-corrected chi connectivity index (χ4v) is 5.80. The van der Waals surface area contributed by atoms with Gasteiger partial charge in [0.25, 0.3) is 0 Å². The fraction of sp³-hybridized carbons (Fsp3) is 0.632. The highest BCUT2D eigenvalue weighted by atomic mass is 35.5. The number of carbonyl (C=O) groups excluding carboxylic acids is 1. The Morgan fingerprint density at radius 1 is 1.14 bits per heavy atom. The van der Waals surface area contributed by atoms with E-state index in [-0.39, 0.29) is 5.41 Å². The van der Waals surface area contributed by atoms with E-state index >= 15 is 0 Å². The summed E-state index contributed by atoms with van der Waals surface area (Å²) in [6.45, 7) is 0.723. The third-order valence-electron chi connectivity index (χ3n) is 6.11. The maximum atomic E-state index is 12.8. The first-order chi connectivity index (χ1) is 10.6. The predicted octanol–water partition coefficient (Wildman–Crippen LogP) is 4.22. The molecule has 0 heterocycles. The SMILES string of the molecule is O=C(NCCc1cccc(Cl)c1)C12CC3CC(CC(C3)C1)C2. The summed E-state index contributed by atoms with van der Waals surface area (Å²) in [4.78, 5) is 12.8.